The molecule has 22 heavy (non-hydrogen) atoms. The molecule has 0 saturated carbocycles. The molecule has 0 fully saturated rings. The van der Waals surface area contributed by atoms with Crippen molar-refractivity contribution in [2.24, 2.45) is 0 Å². The highest BCUT2D eigenvalue weighted by atomic mass is 32.1. The average Bonchev–Trinajstić information content (AvgIpc) is 3.03. The molecule has 6 heteroatoms. The highest BCUT2D eigenvalue weighted by Crippen LogP contribution is 2.24. The van der Waals surface area contributed by atoms with Gasteiger partial charge in [-0.2, -0.15) is 5.26 Å². The van der Waals surface area contributed by atoms with Gasteiger partial charge < -0.3 is 5.32 Å². The van der Waals surface area contributed by atoms with Crippen LogP contribution < -0.4 is 5.32 Å². The van der Waals surface area contributed by atoms with Gasteiger partial charge in [0.2, 0.25) is 0 Å². The van der Waals surface area contributed by atoms with Gasteiger partial charge in [-0.15, -0.1) is 10.2 Å². The highest BCUT2D eigenvalue weighted by molar-refractivity contribution is 7.14. The summed E-state index contributed by atoms with van der Waals surface area (Å²) in [5.74, 6) is -0.533. The molecule has 0 saturated heterocycles. The summed E-state index contributed by atoms with van der Waals surface area (Å²) in [7, 11) is 0. The van der Waals surface area contributed by atoms with Crippen molar-refractivity contribution >= 4 is 17.0 Å². The van der Waals surface area contributed by atoms with Gasteiger partial charge in [-0.1, -0.05) is 47.7 Å². The number of aromatic nitrogens is 2. The summed E-state index contributed by atoms with van der Waals surface area (Å²) in [5.41, 5.74) is 1.48. The van der Waals surface area contributed by atoms with Crippen LogP contribution in [0, 0.1) is 17.1 Å². The first-order valence-electron chi connectivity index (χ1n) is 6.58. The van der Waals surface area contributed by atoms with Crippen molar-refractivity contribution in [1.29, 1.82) is 5.26 Å². The van der Waals surface area contributed by atoms with Crippen LogP contribution in [0.5, 0.6) is 0 Å². The summed E-state index contributed by atoms with van der Waals surface area (Å²) in [6.07, 6.45) is 0. The maximum Gasteiger partial charge on any atom is 0.147 e. The minimum absolute atomic E-state index is 0.00954. The molecule has 0 bridgehead atoms. The normalized spacial score (nSPS) is 10.2. The molecule has 0 aliphatic carbocycles. The van der Waals surface area contributed by atoms with Gasteiger partial charge in [-0.25, -0.2) is 4.39 Å². The Morgan fingerprint density at radius 1 is 1.09 bits per heavy atom. The molecule has 2 aromatic carbocycles. The van der Waals surface area contributed by atoms with E-state index < -0.39 is 5.82 Å². The van der Waals surface area contributed by atoms with Crippen LogP contribution in [0.1, 0.15) is 10.6 Å². The third-order valence-electron chi connectivity index (χ3n) is 3.04. The monoisotopic (exact) mass is 310 g/mol. The Hall–Kier alpha value is -2.78. The standard InChI is InChI=1S/C16H11FN4S/c17-13-7-4-8-14(12(13)9-18)19-10-15-20-21-16(22-15)11-5-2-1-3-6-11/h1-8,19H,10H2. The number of benzene rings is 2. The van der Waals surface area contributed by atoms with E-state index in [1.807, 2.05) is 36.4 Å². The van der Waals surface area contributed by atoms with Gasteiger partial charge in [0.05, 0.1) is 12.2 Å². The van der Waals surface area contributed by atoms with E-state index in [2.05, 4.69) is 15.5 Å². The van der Waals surface area contributed by atoms with Crippen molar-refractivity contribution in [2.45, 2.75) is 6.54 Å². The van der Waals surface area contributed by atoms with Crippen molar-refractivity contribution < 1.29 is 4.39 Å². The number of nitrogens with zero attached hydrogens (tertiary/aromatic N) is 3. The molecule has 0 atom stereocenters. The first-order valence-corrected chi connectivity index (χ1v) is 7.40. The molecular formula is C16H11FN4S. The molecule has 0 aliphatic heterocycles. The van der Waals surface area contributed by atoms with E-state index >= 15 is 0 Å². The Morgan fingerprint density at radius 2 is 1.91 bits per heavy atom. The Balaban J connectivity index is 1.75. The molecule has 3 aromatic rings. The summed E-state index contributed by atoms with van der Waals surface area (Å²) in [6, 6.07) is 16.1. The van der Waals surface area contributed by atoms with Gasteiger partial charge in [-0.05, 0) is 12.1 Å². The predicted molar refractivity (Wildman–Crippen MR) is 83.8 cm³/mol. The smallest absolute Gasteiger partial charge is 0.147 e. The van der Waals surface area contributed by atoms with E-state index in [1.165, 1.54) is 17.4 Å². The summed E-state index contributed by atoms with van der Waals surface area (Å²) < 4.78 is 13.5. The molecule has 0 radical (unpaired) electrons. The van der Waals surface area contributed by atoms with Gasteiger partial charge in [0, 0.05) is 5.56 Å². The van der Waals surface area contributed by atoms with Gasteiger partial charge in [-0.3, -0.25) is 0 Å². The Labute approximate surface area is 130 Å². The third-order valence-corrected chi connectivity index (χ3v) is 4.02. The van der Waals surface area contributed by atoms with Crippen LogP contribution in [-0.2, 0) is 6.54 Å². The van der Waals surface area contributed by atoms with Gasteiger partial charge in [0.15, 0.2) is 0 Å². The average molecular weight is 310 g/mol. The van der Waals surface area contributed by atoms with E-state index in [0.717, 1.165) is 15.6 Å². The molecule has 0 spiro atoms. The van der Waals surface area contributed by atoms with E-state index in [-0.39, 0.29) is 5.56 Å². The largest absolute Gasteiger partial charge is 0.377 e. The van der Waals surface area contributed by atoms with Crippen LogP contribution in [0.2, 0.25) is 0 Å². The summed E-state index contributed by atoms with van der Waals surface area (Å²) >= 11 is 1.46. The lowest BCUT2D eigenvalue weighted by molar-refractivity contribution is 0.624. The first kappa shape index (κ1) is 14.2. The Bertz CT molecular complexity index is 824. The first-order chi connectivity index (χ1) is 10.8. The molecule has 1 heterocycles. The minimum atomic E-state index is -0.533. The lowest BCUT2D eigenvalue weighted by atomic mass is 10.2. The minimum Gasteiger partial charge on any atom is -0.377 e. The Morgan fingerprint density at radius 3 is 2.68 bits per heavy atom. The zero-order valence-electron chi connectivity index (χ0n) is 11.5. The maximum atomic E-state index is 13.5. The lowest BCUT2D eigenvalue weighted by Crippen LogP contribution is -2.02. The fourth-order valence-corrected chi connectivity index (χ4v) is 2.76. The second-order valence-electron chi connectivity index (χ2n) is 4.49. The van der Waals surface area contributed by atoms with Gasteiger partial charge in [0.25, 0.3) is 0 Å². The molecular weight excluding hydrogens is 299 g/mol. The lowest BCUT2D eigenvalue weighted by Gasteiger charge is -2.06. The van der Waals surface area contributed by atoms with Gasteiger partial charge in [0.1, 0.15) is 27.5 Å². The predicted octanol–water partition coefficient (Wildman–Crippen LogP) is 3.83. The SMILES string of the molecule is N#Cc1c(F)cccc1NCc1nnc(-c2ccccc2)s1. The van der Waals surface area contributed by atoms with Crippen LogP contribution in [0.25, 0.3) is 10.6 Å². The number of hydrogen-bond donors (Lipinski definition) is 1. The molecule has 1 N–H and O–H groups in total. The van der Waals surface area contributed by atoms with Crippen LogP contribution in [-0.4, -0.2) is 10.2 Å². The summed E-state index contributed by atoms with van der Waals surface area (Å²) in [5, 5.41) is 21.9. The van der Waals surface area contributed by atoms with Crippen molar-refractivity contribution in [3.8, 4) is 16.6 Å². The van der Waals surface area contributed by atoms with Crippen molar-refractivity contribution in [1.82, 2.24) is 10.2 Å². The number of anilines is 1. The molecule has 4 nitrogen and oxygen atoms in total. The van der Waals surface area contributed by atoms with E-state index in [0.29, 0.717) is 12.2 Å². The van der Waals surface area contributed by atoms with Crippen LogP contribution in [0.3, 0.4) is 0 Å². The third kappa shape index (κ3) is 2.95. The van der Waals surface area contributed by atoms with Crippen LogP contribution >= 0.6 is 11.3 Å². The molecule has 0 unspecified atom stereocenters. The van der Waals surface area contributed by atoms with Gasteiger partial charge >= 0.3 is 0 Å². The van der Waals surface area contributed by atoms with E-state index in [1.54, 1.807) is 12.1 Å². The fourth-order valence-electron chi connectivity index (χ4n) is 1.98. The van der Waals surface area contributed by atoms with E-state index in [4.69, 9.17) is 5.26 Å². The molecule has 0 amide bonds. The van der Waals surface area contributed by atoms with Crippen LogP contribution in [0.4, 0.5) is 10.1 Å². The summed E-state index contributed by atoms with van der Waals surface area (Å²) in [6.45, 7) is 0.392. The zero-order valence-corrected chi connectivity index (χ0v) is 12.3. The molecule has 3 rings (SSSR count). The maximum absolute atomic E-state index is 13.5. The number of hydrogen-bond acceptors (Lipinski definition) is 5. The number of halogens is 1. The molecule has 108 valence electrons. The van der Waals surface area contributed by atoms with Crippen LogP contribution in [0.15, 0.2) is 48.5 Å². The highest BCUT2D eigenvalue weighted by Gasteiger charge is 2.09. The number of nitriles is 1. The zero-order chi connectivity index (χ0) is 15.4. The molecule has 1 aromatic heterocycles. The molecule has 0 aliphatic rings. The Kier molecular flexibility index (Phi) is 4.08. The number of nitrogens with one attached hydrogen (secondary N) is 1. The summed E-state index contributed by atoms with van der Waals surface area (Å²) in [4.78, 5) is 0. The second kappa shape index (κ2) is 6.33. The number of rotatable bonds is 4. The van der Waals surface area contributed by atoms with Crippen molar-refractivity contribution in [3.63, 3.8) is 0 Å². The quantitative estimate of drug-likeness (QED) is 0.795. The van der Waals surface area contributed by atoms with Crippen molar-refractivity contribution in [2.75, 3.05) is 5.32 Å². The van der Waals surface area contributed by atoms with E-state index in [9.17, 15) is 4.39 Å². The fraction of sp³-hybridized carbons (Fsp3) is 0.0625. The topological polar surface area (TPSA) is 61.6 Å². The van der Waals surface area contributed by atoms with Crippen molar-refractivity contribution in [3.05, 3.63) is 64.9 Å². The second-order valence-corrected chi connectivity index (χ2v) is 5.56.